The third-order valence-corrected chi connectivity index (χ3v) is 8.58. The molecule has 2 heterocycles. The van der Waals surface area contributed by atoms with Crippen molar-refractivity contribution in [2.75, 3.05) is 33.3 Å². The van der Waals surface area contributed by atoms with Crippen LogP contribution in [0.5, 0.6) is 5.75 Å². The number of ether oxygens (including phenoxy) is 1. The van der Waals surface area contributed by atoms with Crippen molar-refractivity contribution in [1.29, 1.82) is 0 Å². The normalized spacial score (nSPS) is 19.7. The van der Waals surface area contributed by atoms with Gasteiger partial charge in [0.1, 0.15) is 11.8 Å². The number of benzene rings is 1. The minimum atomic E-state index is -3.62. The molecule has 1 atom stereocenters. The summed E-state index contributed by atoms with van der Waals surface area (Å²) in [5.74, 6) is 0.127. The molecule has 1 N–H and O–H groups in total. The van der Waals surface area contributed by atoms with Gasteiger partial charge >= 0.3 is 0 Å². The molecule has 3 rings (SSSR count). The molecule has 0 unspecified atom stereocenters. The van der Waals surface area contributed by atoms with Crippen LogP contribution in [-0.4, -0.2) is 68.8 Å². The van der Waals surface area contributed by atoms with Crippen molar-refractivity contribution < 1.29 is 22.7 Å². The molecular formula is C24H37N3O5S. The van der Waals surface area contributed by atoms with E-state index in [1.807, 2.05) is 18.7 Å². The number of nitrogens with zero attached hydrogens (tertiary/aromatic N) is 2. The second-order valence-corrected chi connectivity index (χ2v) is 11.3. The Morgan fingerprint density at radius 2 is 1.55 bits per heavy atom. The summed E-state index contributed by atoms with van der Waals surface area (Å²) in [7, 11) is -2.09. The Morgan fingerprint density at radius 3 is 2.06 bits per heavy atom. The standard InChI is InChI=1S/C24H37N3O5S/c1-18(2)22(24(29)26-14-6-4-5-7-15-26)25-23(28)19-12-16-27(17-13-19)33(30,31)21-10-8-20(32-3)9-11-21/h8-11,18-19,22H,4-7,12-17H2,1-3H3,(H,25,28)/t22-/m0/s1. The Bertz CT molecular complexity index is 901. The lowest BCUT2D eigenvalue weighted by molar-refractivity contribution is -0.139. The van der Waals surface area contributed by atoms with Crippen LogP contribution in [0.1, 0.15) is 52.4 Å². The van der Waals surface area contributed by atoms with E-state index in [2.05, 4.69) is 5.32 Å². The van der Waals surface area contributed by atoms with E-state index < -0.39 is 16.1 Å². The summed E-state index contributed by atoms with van der Waals surface area (Å²) in [5.41, 5.74) is 0. The number of methoxy groups -OCH3 is 1. The van der Waals surface area contributed by atoms with Gasteiger partial charge in [-0.25, -0.2) is 8.42 Å². The number of amides is 2. The molecule has 2 fully saturated rings. The Labute approximate surface area is 197 Å². The SMILES string of the molecule is COc1ccc(S(=O)(=O)N2CCC(C(=O)N[C@H](C(=O)N3CCCCCC3)C(C)C)CC2)cc1. The maximum Gasteiger partial charge on any atom is 0.245 e. The van der Waals surface area contributed by atoms with Crippen molar-refractivity contribution in [3.8, 4) is 5.75 Å². The topological polar surface area (TPSA) is 96.0 Å². The number of piperidine rings is 1. The molecule has 2 amide bonds. The highest BCUT2D eigenvalue weighted by Gasteiger charge is 2.35. The number of likely N-dealkylation sites (tertiary alicyclic amines) is 1. The fourth-order valence-electron chi connectivity index (χ4n) is 4.53. The lowest BCUT2D eigenvalue weighted by Gasteiger charge is -2.33. The molecule has 33 heavy (non-hydrogen) atoms. The van der Waals surface area contributed by atoms with Crippen LogP contribution in [0.2, 0.25) is 0 Å². The molecule has 2 aliphatic rings. The van der Waals surface area contributed by atoms with Gasteiger partial charge in [0.15, 0.2) is 0 Å². The Morgan fingerprint density at radius 1 is 0.970 bits per heavy atom. The Kier molecular flexibility index (Phi) is 8.75. The largest absolute Gasteiger partial charge is 0.497 e. The number of sulfonamides is 1. The molecule has 1 aromatic rings. The minimum absolute atomic E-state index is 0.000213. The molecule has 2 saturated heterocycles. The molecule has 0 bridgehead atoms. The van der Waals surface area contributed by atoms with E-state index in [0.29, 0.717) is 18.6 Å². The van der Waals surface area contributed by atoms with Gasteiger partial charge < -0.3 is 15.0 Å². The summed E-state index contributed by atoms with van der Waals surface area (Å²) in [4.78, 5) is 28.2. The van der Waals surface area contributed by atoms with Crippen LogP contribution < -0.4 is 10.1 Å². The van der Waals surface area contributed by atoms with Gasteiger partial charge in [0.2, 0.25) is 21.8 Å². The Balaban J connectivity index is 1.58. The number of carbonyl (C=O) groups excluding carboxylic acids is 2. The molecule has 1 aromatic carbocycles. The molecule has 184 valence electrons. The van der Waals surface area contributed by atoms with Crippen LogP contribution >= 0.6 is 0 Å². The molecule has 0 spiro atoms. The second-order valence-electron chi connectivity index (χ2n) is 9.32. The van der Waals surface area contributed by atoms with Crippen molar-refractivity contribution in [2.24, 2.45) is 11.8 Å². The van der Waals surface area contributed by atoms with Gasteiger partial charge in [-0.2, -0.15) is 4.31 Å². The van der Waals surface area contributed by atoms with Crippen molar-refractivity contribution in [1.82, 2.24) is 14.5 Å². The van der Waals surface area contributed by atoms with Gasteiger partial charge in [-0.1, -0.05) is 26.7 Å². The number of hydrogen-bond acceptors (Lipinski definition) is 5. The smallest absolute Gasteiger partial charge is 0.245 e. The van der Waals surface area contributed by atoms with Crippen LogP contribution in [0.4, 0.5) is 0 Å². The maximum atomic E-state index is 13.1. The third kappa shape index (κ3) is 6.26. The fourth-order valence-corrected chi connectivity index (χ4v) is 6.00. The summed E-state index contributed by atoms with van der Waals surface area (Å²) in [6, 6.07) is 5.78. The highest BCUT2D eigenvalue weighted by molar-refractivity contribution is 7.89. The molecule has 2 aliphatic heterocycles. The predicted molar refractivity (Wildman–Crippen MR) is 126 cm³/mol. The number of carbonyl (C=O) groups is 2. The zero-order chi connectivity index (χ0) is 24.0. The average molecular weight is 480 g/mol. The van der Waals surface area contributed by atoms with E-state index in [9.17, 15) is 18.0 Å². The first kappa shape index (κ1) is 25.5. The van der Waals surface area contributed by atoms with Gasteiger partial charge in [0, 0.05) is 32.1 Å². The minimum Gasteiger partial charge on any atom is -0.497 e. The van der Waals surface area contributed by atoms with Crippen LogP contribution in [-0.2, 0) is 19.6 Å². The first-order chi connectivity index (χ1) is 15.7. The summed E-state index contributed by atoms with van der Waals surface area (Å²) >= 11 is 0. The lowest BCUT2D eigenvalue weighted by atomic mass is 9.95. The molecular weight excluding hydrogens is 442 g/mol. The van der Waals surface area contributed by atoms with E-state index >= 15 is 0 Å². The monoisotopic (exact) mass is 479 g/mol. The quantitative estimate of drug-likeness (QED) is 0.649. The van der Waals surface area contributed by atoms with Gasteiger partial charge in [0.25, 0.3) is 0 Å². The maximum absolute atomic E-state index is 13.1. The summed E-state index contributed by atoms with van der Waals surface area (Å²) in [6.07, 6.45) is 5.16. The van der Waals surface area contributed by atoms with E-state index in [-0.39, 0.29) is 41.6 Å². The zero-order valence-electron chi connectivity index (χ0n) is 20.0. The summed E-state index contributed by atoms with van der Waals surface area (Å²) in [5, 5.41) is 2.99. The number of rotatable bonds is 7. The number of hydrogen-bond donors (Lipinski definition) is 1. The number of nitrogens with one attached hydrogen (secondary N) is 1. The molecule has 0 aromatic heterocycles. The van der Waals surface area contributed by atoms with Gasteiger partial charge in [-0.15, -0.1) is 0 Å². The van der Waals surface area contributed by atoms with Crippen LogP contribution in [0.3, 0.4) is 0 Å². The molecule has 0 saturated carbocycles. The summed E-state index contributed by atoms with van der Waals surface area (Å²) in [6.45, 7) is 5.95. The van der Waals surface area contributed by atoms with E-state index in [0.717, 1.165) is 38.8 Å². The van der Waals surface area contributed by atoms with Gasteiger partial charge in [0.05, 0.1) is 12.0 Å². The van der Waals surface area contributed by atoms with Crippen LogP contribution in [0.15, 0.2) is 29.2 Å². The second kappa shape index (κ2) is 11.3. The van der Waals surface area contributed by atoms with Gasteiger partial charge in [-0.05, 0) is 55.9 Å². The highest BCUT2D eigenvalue weighted by Crippen LogP contribution is 2.25. The van der Waals surface area contributed by atoms with Crippen LogP contribution in [0, 0.1) is 11.8 Å². The third-order valence-electron chi connectivity index (χ3n) is 6.67. The van der Waals surface area contributed by atoms with Gasteiger partial charge in [-0.3, -0.25) is 9.59 Å². The first-order valence-corrected chi connectivity index (χ1v) is 13.4. The van der Waals surface area contributed by atoms with E-state index in [1.54, 1.807) is 12.1 Å². The first-order valence-electron chi connectivity index (χ1n) is 12.0. The van der Waals surface area contributed by atoms with Crippen molar-refractivity contribution >= 4 is 21.8 Å². The molecule has 9 heteroatoms. The van der Waals surface area contributed by atoms with Crippen molar-refractivity contribution in [3.05, 3.63) is 24.3 Å². The highest BCUT2D eigenvalue weighted by atomic mass is 32.2. The molecule has 8 nitrogen and oxygen atoms in total. The molecule has 0 aliphatic carbocycles. The van der Waals surface area contributed by atoms with Crippen molar-refractivity contribution in [2.45, 2.75) is 63.3 Å². The lowest BCUT2D eigenvalue weighted by Crippen LogP contribution is -2.53. The van der Waals surface area contributed by atoms with Crippen molar-refractivity contribution in [3.63, 3.8) is 0 Å². The average Bonchev–Trinajstić information content (AvgIpc) is 3.11. The van der Waals surface area contributed by atoms with E-state index in [1.165, 1.54) is 23.5 Å². The van der Waals surface area contributed by atoms with Crippen LogP contribution in [0.25, 0.3) is 0 Å². The molecule has 0 radical (unpaired) electrons. The zero-order valence-corrected chi connectivity index (χ0v) is 20.8. The van der Waals surface area contributed by atoms with E-state index in [4.69, 9.17) is 4.74 Å². The fraction of sp³-hybridized carbons (Fsp3) is 0.667. The Hall–Kier alpha value is -2.13. The summed E-state index contributed by atoms with van der Waals surface area (Å²) < 4.78 is 32.4. The predicted octanol–water partition coefficient (Wildman–Crippen LogP) is 2.64.